The summed E-state index contributed by atoms with van der Waals surface area (Å²) in [5.41, 5.74) is 1.39. The van der Waals surface area contributed by atoms with Crippen molar-refractivity contribution in [3.63, 3.8) is 0 Å². The van der Waals surface area contributed by atoms with Crippen LogP contribution in [-0.2, 0) is 21.7 Å². The average molecular weight is 476 g/mol. The minimum atomic E-state index is -1.19. The van der Waals surface area contributed by atoms with Crippen molar-refractivity contribution in [2.45, 2.75) is 22.7 Å². The molecule has 3 aromatic rings. The van der Waals surface area contributed by atoms with Crippen LogP contribution in [0.4, 0.5) is 5.69 Å². The fraction of sp³-hybridized carbons (Fsp3) is 0.240. The molecule has 0 saturated carbocycles. The van der Waals surface area contributed by atoms with Crippen molar-refractivity contribution >= 4 is 45.8 Å². The maximum absolute atomic E-state index is 14.5. The zero-order chi connectivity index (χ0) is 22.8. The molecular weight excluding hydrogens is 454 g/mol. The van der Waals surface area contributed by atoms with Gasteiger partial charge in [-0.2, -0.15) is 0 Å². The Hall–Kier alpha value is -2.94. The van der Waals surface area contributed by atoms with Gasteiger partial charge in [-0.05, 0) is 30.8 Å². The molecule has 2 saturated heterocycles. The van der Waals surface area contributed by atoms with Crippen LogP contribution in [0, 0.1) is 0 Å². The fourth-order valence-electron chi connectivity index (χ4n) is 5.75. The molecule has 4 heterocycles. The van der Waals surface area contributed by atoms with E-state index in [2.05, 4.69) is 5.32 Å². The number of benzene rings is 2. The topological polar surface area (TPSA) is 65.8 Å². The molecule has 0 radical (unpaired) electrons. The first-order valence-electron chi connectivity index (χ1n) is 10.7. The lowest BCUT2D eigenvalue weighted by atomic mass is 9.72. The van der Waals surface area contributed by atoms with E-state index in [9.17, 15) is 9.59 Å². The quantitative estimate of drug-likeness (QED) is 0.579. The van der Waals surface area contributed by atoms with Gasteiger partial charge in [-0.1, -0.05) is 72.5 Å². The summed E-state index contributed by atoms with van der Waals surface area (Å²) in [6.07, 6.45) is 1.58. The Balaban J connectivity index is 1.59. The summed E-state index contributed by atoms with van der Waals surface area (Å²) in [6, 6.07) is 21.2. The van der Waals surface area contributed by atoms with E-state index in [0.717, 1.165) is 16.8 Å². The Bertz CT molecular complexity index is 1280. The van der Waals surface area contributed by atoms with E-state index in [1.54, 1.807) is 17.2 Å². The third kappa shape index (κ3) is 2.57. The minimum absolute atomic E-state index is 0.154. The van der Waals surface area contributed by atoms with Gasteiger partial charge < -0.3 is 9.73 Å². The van der Waals surface area contributed by atoms with Crippen LogP contribution in [0.2, 0.25) is 0 Å². The monoisotopic (exact) mass is 475 g/mol. The van der Waals surface area contributed by atoms with E-state index < -0.39 is 10.3 Å². The summed E-state index contributed by atoms with van der Waals surface area (Å²) >= 11 is 7.12. The Kier molecular flexibility index (Phi) is 4.56. The van der Waals surface area contributed by atoms with Gasteiger partial charge in [-0.15, -0.1) is 0 Å². The smallest absolute Gasteiger partial charge is 0.251 e. The normalized spacial score (nSPS) is 28.8. The fourth-order valence-corrected chi connectivity index (χ4v) is 7.89. The van der Waals surface area contributed by atoms with E-state index in [1.807, 2.05) is 72.6 Å². The number of amides is 2. The first kappa shape index (κ1) is 20.7. The number of anilines is 1. The molecule has 1 aromatic heterocycles. The molecular formula is C25H21N3O3S2. The van der Waals surface area contributed by atoms with Gasteiger partial charge in [0.2, 0.25) is 5.91 Å². The molecule has 6 nitrogen and oxygen atoms in total. The van der Waals surface area contributed by atoms with Crippen molar-refractivity contribution in [3.05, 3.63) is 89.9 Å². The molecule has 0 unspecified atom stereocenters. The van der Waals surface area contributed by atoms with Crippen LogP contribution in [0.5, 0.6) is 0 Å². The van der Waals surface area contributed by atoms with Crippen LogP contribution in [0.25, 0.3) is 0 Å². The van der Waals surface area contributed by atoms with Crippen molar-refractivity contribution < 1.29 is 14.0 Å². The van der Waals surface area contributed by atoms with Crippen LogP contribution in [0.15, 0.2) is 77.4 Å². The number of para-hydroxylation sites is 1. The van der Waals surface area contributed by atoms with Crippen molar-refractivity contribution in [2.24, 2.45) is 0 Å². The lowest BCUT2D eigenvalue weighted by molar-refractivity contribution is -0.138. The number of carbonyl (C=O) groups excluding carboxylic acids is 2. The molecule has 0 bridgehead atoms. The van der Waals surface area contributed by atoms with Gasteiger partial charge >= 0.3 is 0 Å². The van der Waals surface area contributed by atoms with Crippen molar-refractivity contribution in [2.75, 3.05) is 18.9 Å². The number of likely N-dealkylation sites (tertiary alicyclic amines) is 1. The minimum Gasteiger partial charge on any atom is -0.467 e. The van der Waals surface area contributed by atoms with Crippen molar-refractivity contribution in [1.29, 1.82) is 0 Å². The molecule has 8 heteroatoms. The second-order valence-electron chi connectivity index (χ2n) is 8.63. The molecule has 3 aliphatic heterocycles. The van der Waals surface area contributed by atoms with E-state index in [0.29, 0.717) is 16.6 Å². The second-order valence-corrected chi connectivity index (χ2v) is 10.5. The number of carbonyl (C=O) groups is 2. The van der Waals surface area contributed by atoms with Gasteiger partial charge in [0.05, 0.1) is 12.8 Å². The standard InChI is InChI=1S/C25H21N3O3S2/c1-27-15-19(16-8-3-2-4-9-16)25(24(27)18-11-5-6-12-20(18)26-21(24)29)22(30)28(23(32)33-25)14-17-10-7-13-31-17/h2-13,19H,14-15H2,1H3,(H,26,29)/t19-,24+,25+/m1/s1. The Labute approximate surface area is 200 Å². The van der Waals surface area contributed by atoms with Crippen LogP contribution < -0.4 is 5.32 Å². The predicted molar refractivity (Wildman–Crippen MR) is 131 cm³/mol. The number of likely N-dealkylation sites (N-methyl/N-ethyl adjacent to an activating group) is 1. The molecule has 0 aliphatic carbocycles. The van der Waals surface area contributed by atoms with Crippen LogP contribution >= 0.6 is 24.0 Å². The number of nitrogens with one attached hydrogen (secondary N) is 1. The Morgan fingerprint density at radius 3 is 2.61 bits per heavy atom. The number of hydrogen-bond acceptors (Lipinski definition) is 6. The first-order valence-corrected chi connectivity index (χ1v) is 12.0. The molecule has 166 valence electrons. The molecule has 2 aromatic carbocycles. The molecule has 2 spiro atoms. The summed E-state index contributed by atoms with van der Waals surface area (Å²) in [5, 5.41) is 3.05. The van der Waals surface area contributed by atoms with Crippen LogP contribution in [-0.4, -0.2) is 44.3 Å². The summed E-state index contributed by atoms with van der Waals surface area (Å²) < 4.78 is 4.83. The highest BCUT2D eigenvalue weighted by Crippen LogP contribution is 2.65. The van der Waals surface area contributed by atoms with E-state index >= 15 is 0 Å². The first-order chi connectivity index (χ1) is 16.0. The van der Waals surface area contributed by atoms with Crippen LogP contribution in [0.3, 0.4) is 0 Å². The SMILES string of the molecule is CN1C[C@H](c2ccccc2)[C@@]2(SC(=S)N(Cc3ccco3)C2=O)[C@]12C(=O)Nc1ccccc12. The highest BCUT2D eigenvalue weighted by molar-refractivity contribution is 8.25. The van der Waals surface area contributed by atoms with Crippen LogP contribution in [0.1, 0.15) is 22.8 Å². The number of fused-ring (bicyclic) bond motifs is 3. The maximum atomic E-state index is 14.5. The highest BCUT2D eigenvalue weighted by Gasteiger charge is 2.77. The average Bonchev–Trinajstić information content (AvgIpc) is 3.55. The number of rotatable bonds is 3. The van der Waals surface area contributed by atoms with Crippen molar-refractivity contribution in [1.82, 2.24) is 9.80 Å². The number of thioether (sulfide) groups is 1. The molecule has 6 rings (SSSR count). The van der Waals surface area contributed by atoms with Gasteiger partial charge in [-0.3, -0.25) is 19.4 Å². The van der Waals surface area contributed by atoms with E-state index in [4.69, 9.17) is 16.6 Å². The highest BCUT2D eigenvalue weighted by atomic mass is 32.2. The third-order valence-electron chi connectivity index (χ3n) is 7.08. The molecule has 2 fully saturated rings. The predicted octanol–water partition coefficient (Wildman–Crippen LogP) is 3.96. The Morgan fingerprint density at radius 2 is 1.85 bits per heavy atom. The summed E-state index contributed by atoms with van der Waals surface area (Å²) in [5.74, 6) is 0.0704. The third-order valence-corrected chi connectivity index (χ3v) is 9.02. The number of hydrogen-bond donors (Lipinski definition) is 1. The van der Waals surface area contributed by atoms with Crippen molar-refractivity contribution in [3.8, 4) is 0 Å². The van der Waals surface area contributed by atoms with E-state index in [1.165, 1.54) is 11.8 Å². The number of thiocarbonyl (C=S) groups is 1. The molecule has 1 N–H and O–H groups in total. The van der Waals surface area contributed by atoms with Gasteiger partial charge in [0.15, 0.2) is 5.54 Å². The van der Waals surface area contributed by atoms with Gasteiger partial charge in [0, 0.05) is 23.7 Å². The second kappa shape index (κ2) is 7.28. The number of furan rings is 1. The van der Waals surface area contributed by atoms with Gasteiger partial charge in [-0.25, -0.2) is 0 Å². The Morgan fingerprint density at radius 1 is 1.09 bits per heavy atom. The van der Waals surface area contributed by atoms with Gasteiger partial charge in [0.1, 0.15) is 14.8 Å². The summed E-state index contributed by atoms with van der Waals surface area (Å²) in [6.45, 7) is 0.783. The zero-order valence-electron chi connectivity index (χ0n) is 17.9. The summed E-state index contributed by atoms with van der Waals surface area (Å²) in [7, 11) is 1.93. The molecule has 33 heavy (non-hydrogen) atoms. The molecule has 2 amide bonds. The maximum Gasteiger partial charge on any atom is 0.251 e. The lowest BCUT2D eigenvalue weighted by Crippen LogP contribution is -2.61. The van der Waals surface area contributed by atoms with Gasteiger partial charge in [0.25, 0.3) is 5.91 Å². The summed E-state index contributed by atoms with van der Waals surface area (Å²) in [4.78, 5) is 32.0. The van der Waals surface area contributed by atoms with E-state index in [-0.39, 0.29) is 24.3 Å². The largest absolute Gasteiger partial charge is 0.467 e. The lowest BCUT2D eigenvalue weighted by Gasteiger charge is -2.41. The molecule has 3 atom stereocenters. The zero-order valence-corrected chi connectivity index (χ0v) is 19.5. The molecule has 3 aliphatic rings. The number of nitrogens with zero attached hydrogens (tertiary/aromatic N) is 2.